The molecule has 2 aromatic rings. The fraction of sp³-hybridized carbons (Fsp3) is 0.667. The number of carboxylic acids is 1. The number of fused-ring (bicyclic) bond motifs is 1. The summed E-state index contributed by atoms with van der Waals surface area (Å²) in [5.41, 5.74) is 1.75. The number of hydrogen-bond acceptors (Lipinski definition) is 5. The van der Waals surface area contributed by atoms with E-state index in [1.54, 1.807) is 0 Å². The molecule has 2 saturated heterocycles. The van der Waals surface area contributed by atoms with Crippen molar-refractivity contribution in [2.24, 2.45) is 5.92 Å². The Morgan fingerprint density at radius 1 is 0.824 bits per heavy atom. The molecular weight excluding hydrogens is 428 g/mol. The second-order valence-corrected chi connectivity index (χ2v) is 10.5. The van der Waals surface area contributed by atoms with Crippen molar-refractivity contribution in [1.82, 2.24) is 14.5 Å². The Bertz CT molecular complexity index is 1040. The second-order valence-electron chi connectivity index (χ2n) is 10.5. The highest BCUT2D eigenvalue weighted by Crippen LogP contribution is 2.30. The maximum atomic E-state index is 13.8. The van der Waals surface area contributed by atoms with Crippen LogP contribution in [0.5, 0.6) is 0 Å². The number of rotatable bonds is 4. The number of carboxylic acid groups (broad SMARTS) is 1. The molecule has 7 heteroatoms. The predicted molar refractivity (Wildman–Crippen MR) is 135 cm³/mol. The molecule has 1 aliphatic carbocycles. The lowest BCUT2D eigenvalue weighted by molar-refractivity contribution is -0.142. The Kier molecular flexibility index (Phi) is 7.18. The Labute approximate surface area is 201 Å². The van der Waals surface area contributed by atoms with Crippen molar-refractivity contribution in [1.29, 1.82) is 0 Å². The molecule has 0 amide bonds. The summed E-state index contributed by atoms with van der Waals surface area (Å²) < 4.78 is 2.01. The summed E-state index contributed by atoms with van der Waals surface area (Å²) in [5.74, 6) is -0.568. The summed E-state index contributed by atoms with van der Waals surface area (Å²) in [4.78, 5) is 34.6. The van der Waals surface area contributed by atoms with E-state index >= 15 is 0 Å². The molecular formula is C27H38N4O3. The van der Waals surface area contributed by atoms with Crippen molar-refractivity contribution in [2.75, 3.05) is 31.1 Å². The molecule has 1 saturated carbocycles. The average Bonchev–Trinajstić information content (AvgIpc) is 2.84. The van der Waals surface area contributed by atoms with E-state index in [4.69, 9.17) is 4.98 Å². The van der Waals surface area contributed by atoms with E-state index in [0.29, 0.717) is 37.8 Å². The number of aromatic nitrogens is 2. The Hall–Kier alpha value is -2.41. The van der Waals surface area contributed by atoms with E-state index in [0.717, 1.165) is 37.0 Å². The molecule has 3 heterocycles. The molecule has 0 bridgehead atoms. The summed E-state index contributed by atoms with van der Waals surface area (Å²) in [5, 5.41) is 9.35. The van der Waals surface area contributed by atoms with Crippen LogP contribution in [0.1, 0.15) is 76.7 Å². The monoisotopic (exact) mass is 466 g/mol. The van der Waals surface area contributed by atoms with Crippen LogP contribution in [0.2, 0.25) is 0 Å². The van der Waals surface area contributed by atoms with Gasteiger partial charge in [0.15, 0.2) is 5.82 Å². The first-order chi connectivity index (χ1) is 16.6. The number of aliphatic carboxylic acids is 1. The van der Waals surface area contributed by atoms with Gasteiger partial charge in [-0.1, -0.05) is 44.2 Å². The molecule has 3 fully saturated rings. The first-order valence-corrected chi connectivity index (χ1v) is 13.3. The average molecular weight is 467 g/mol. The van der Waals surface area contributed by atoms with Gasteiger partial charge in [0.25, 0.3) is 5.56 Å². The molecule has 0 radical (unpaired) electrons. The summed E-state index contributed by atoms with van der Waals surface area (Å²) in [6, 6.07) is 8.86. The first kappa shape index (κ1) is 23.3. The van der Waals surface area contributed by atoms with Crippen LogP contribution < -0.4 is 10.5 Å². The normalized spacial score (nSPS) is 22.5. The molecule has 0 atom stereocenters. The van der Waals surface area contributed by atoms with Gasteiger partial charge in [0, 0.05) is 38.3 Å². The number of anilines is 1. The third-order valence-corrected chi connectivity index (χ3v) is 8.38. The first-order valence-electron chi connectivity index (χ1n) is 13.3. The van der Waals surface area contributed by atoms with Gasteiger partial charge in [-0.2, -0.15) is 0 Å². The van der Waals surface area contributed by atoms with Gasteiger partial charge in [-0.25, -0.2) is 4.98 Å². The minimum atomic E-state index is -0.736. The van der Waals surface area contributed by atoms with Gasteiger partial charge in [0.05, 0.1) is 17.0 Å². The standard InChI is InChI=1S/C27H38N4O3/c32-26-25(30-16-12-20(13-17-30)27(33)34)28-23-10-6-7-11-24(23)31(26)22-14-18-29(19-15-22)21-8-4-2-1-3-5-9-21/h6-7,10-11,20-22H,1-5,8-9,12-19H2,(H,33,34). The lowest BCUT2D eigenvalue weighted by Crippen LogP contribution is -2.45. The highest BCUT2D eigenvalue weighted by atomic mass is 16.4. The van der Waals surface area contributed by atoms with Crippen LogP contribution in [-0.2, 0) is 4.79 Å². The molecule has 1 aromatic carbocycles. The van der Waals surface area contributed by atoms with Crippen LogP contribution in [-0.4, -0.2) is 57.7 Å². The number of likely N-dealkylation sites (tertiary alicyclic amines) is 1. The van der Waals surface area contributed by atoms with Gasteiger partial charge < -0.3 is 19.5 Å². The maximum absolute atomic E-state index is 13.8. The SMILES string of the molecule is O=C(O)C1CCN(c2nc3ccccc3n(C3CCN(C4CCCCCCC4)CC3)c2=O)CC1. The summed E-state index contributed by atoms with van der Waals surface area (Å²) in [6.07, 6.45) is 12.6. The Morgan fingerprint density at radius 3 is 2.15 bits per heavy atom. The molecule has 1 aromatic heterocycles. The van der Waals surface area contributed by atoms with Gasteiger partial charge in [-0.3, -0.25) is 9.59 Å². The van der Waals surface area contributed by atoms with E-state index in [1.165, 1.54) is 44.9 Å². The number of hydrogen-bond donors (Lipinski definition) is 1. The third kappa shape index (κ3) is 4.85. The van der Waals surface area contributed by atoms with E-state index < -0.39 is 5.97 Å². The van der Waals surface area contributed by atoms with Gasteiger partial charge in [0.2, 0.25) is 0 Å². The van der Waals surface area contributed by atoms with Crippen LogP contribution in [0, 0.1) is 5.92 Å². The van der Waals surface area contributed by atoms with E-state index in [1.807, 2.05) is 33.7 Å². The third-order valence-electron chi connectivity index (χ3n) is 8.38. The topological polar surface area (TPSA) is 78.7 Å². The van der Waals surface area contributed by atoms with Crippen molar-refractivity contribution < 1.29 is 9.90 Å². The zero-order valence-corrected chi connectivity index (χ0v) is 20.2. The molecule has 3 aliphatic rings. The van der Waals surface area contributed by atoms with E-state index in [9.17, 15) is 14.7 Å². The summed E-state index contributed by atoms with van der Waals surface area (Å²) in [6.45, 7) is 3.24. The molecule has 7 nitrogen and oxygen atoms in total. The largest absolute Gasteiger partial charge is 0.481 e. The summed E-state index contributed by atoms with van der Waals surface area (Å²) >= 11 is 0. The van der Waals surface area contributed by atoms with Crippen molar-refractivity contribution in [2.45, 2.75) is 82.7 Å². The van der Waals surface area contributed by atoms with Gasteiger partial charge in [-0.15, -0.1) is 0 Å². The van der Waals surface area contributed by atoms with Crippen LogP contribution >= 0.6 is 0 Å². The number of para-hydroxylation sites is 2. The Balaban J connectivity index is 1.37. The van der Waals surface area contributed by atoms with Crippen LogP contribution in [0.3, 0.4) is 0 Å². The molecule has 0 spiro atoms. The number of benzene rings is 1. The fourth-order valence-corrected chi connectivity index (χ4v) is 6.36. The van der Waals surface area contributed by atoms with Crippen molar-refractivity contribution in [3.8, 4) is 0 Å². The molecule has 184 valence electrons. The lowest BCUT2D eigenvalue weighted by Gasteiger charge is -2.39. The highest BCUT2D eigenvalue weighted by Gasteiger charge is 2.31. The molecule has 34 heavy (non-hydrogen) atoms. The van der Waals surface area contributed by atoms with Gasteiger partial charge in [-0.05, 0) is 50.7 Å². The highest BCUT2D eigenvalue weighted by molar-refractivity contribution is 5.76. The summed E-state index contributed by atoms with van der Waals surface area (Å²) in [7, 11) is 0. The number of piperidine rings is 2. The van der Waals surface area contributed by atoms with Crippen molar-refractivity contribution in [3.63, 3.8) is 0 Å². The lowest BCUT2D eigenvalue weighted by atomic mass is 9.93. The van der Waals surface area contributed by atoms with E-state index in [2.05, 4.69) is 4.90 Å². The zero-order chi connectivity index (χ0) is 23.5. The smallest absolute Gasteiger partial charge is 0.306 e. The van der Waals surface area contributed by atoms with Crippen molar-refractivity contribution >= 4 is 22.8 Å². The quantitative estimate of drug-likeness (QED) is 0.717. The predicted octanol–water partition coefficient (Wildman–Crippen LogP) is 4.45. The number of nitrogens with zero attached hydrogens (tertiary/aromatic N) is 4. The van der Waals surface area contributed by atoms with Crippen LogP contribution in [0.15, 0.2) is 29.1 Å². The molecule has 0 unspecified atom stereocenters. The maximum Gasteiger partial charge on any atom is 0.306 e. The minimum absolute atomic E-state index is 0.0168. The van der Waals surface area contributed by atoms with E-state index in [-0.39, 0.29) is 17.5 Å². The zero-order valence-electron chi connectivity index (χ0n) is 20.2. The van der Waals surface area contributed by atoms with Gasteiger partial charge in [0.1, 0.15) is 0 Å². The Morgan fingerprint density at radius 2 is 1.47 bits per heavy atom. The number of carbonyl (C=O) groups is 1. The molecule has 5 rings (SSSR count). The second kappa shape index (κ2) is 10.5. The molecule has 1 N–H and O–H groups in total. The molecule has 2 aliphatic heterocycles. The van der Waals surface area contributed by atoms with Crippen LogP contribution in [0.4, 0.5) is 5.82 Å². The van der Waals surface area contributed by atoms with Crippen molar-refractivity contribution in [3.05, 3.63) is 34.6 Å². The minimum Gasteiger partial charge on any atom is -0.481 e. The fourth-order valence-electron chi connectivity index (χ4n) is 6.36. The van der Waals surface area contributed by atoms with Gasteiger partial charge >= 0.3 is 5.97 Å². The van der Waals surface area contributed by atoms with Crippen LogP contribution in [0.25, 0.3) is 11.0 Å².